The number of aliphatic hydroxyl groups is 1. The molecule has 96 valence electrons. The molecule has 1 aromatic rings. The predicted octanol–water partition coefficient (Wildman–Crippen LogP) is 3.19. The van der Waals surface area contributed by atoms with Crippen LogP contribution >= 0.6 is 15.9 Å². The summed E-state index contributed by atoms with van der Waals surface area (Å²) in [7, 11) is 0. The lowest BCUT2D eigenvalue weighted by molar-refractivity contribution is 0.0526. The second-order valence-electron chi connectivity index (χ2n) is 3.04. The van der Waals surface area contributed by atoms with E-state index in [2.05, 4.69) is 15.9 Å². The number of aliphatic hydroxyl groups excluding tert-OH is 1. The zero-order chi connectivity index (χ0) is 13.3. The van der Waals surface area contributed by atoms with Crippen molar-refractivity contribution in [3.63, 3.8) is 0 Å². The van der Waals surface area contributed by atoms with Crippen LogP contribution in [0.25, 0.3) is 0 Å². The Morgan fingerprint density at radius 1 is 1.35 bits per heavy atom. The van der Waals surface area contributed by atoms with Crippen LogP contribution < -0.4 is 0 Å². The van der Waals surface area contributed by atoms with Crippen LogP contribution in [0.3, 0.4) is 0 Å². The Bertz CT molecular complexity index is 351. The number of halogens is 1. The smallest absolute Gasteiger partial charge is 0.338 e. The minimum absolute atomic E-state index is 0.0682. The van der Waals surface area contributed by atoms with Gasteiger partial charge in [-0.2, -0.15) is 0 Å². The molecule has 0 radical (unpaired) electrons. The van der Waals surface area contributed by atoms with Crippen molar-refractivity contribution in [3.8, 4) is 0 Å². The third-order valence-corrected chi connectivity index (χ3v) is 2.33. The first-order chi connectivity index (χ1) is 8.17. The monoisotopic (exact) mass is 302 g/mol. The maximum Gasteiger partial charge on any atom is 0.338 e. The summed E-state index contributed by atoms with van der Waals surface area (Å²) in [6, 6.07) is 5.32. The molecule has 0 saturated heterocycles. The molecule has 0 heterocycles. The Hall–Kier alpha value is -0.870. The number of benzene rings is 1. The molecule has 3 nitrogen and oxygen atoms in total. The molecule has 17 heavy (non-hydrogen) atoms. The van der Waals surface area contributed by atoms with Gasteiger partial charge in [0.05, 0.1) is 12.2 Å². The van der Waals surface area contributed by atoms with E-state index in [9.17, 15) is 4.79 Å². The second kappa shape index (κ2) is 9.19. The van der Waals surface area contributed by atoms with E-state index in [1.807, 2.05) is 19.9 Å². The fourth-order valence-corrected chi connectivity index (χ4v) is 1.80. The number of ether oxygens (including phenoxy) is 1. The van der Waals surface area contributed by atoms with Crippen molar-refractivity contribution in [1.82, 2.24) is 0 Å². The Labute approximate surface area is 111 Å². The fraction of sp³-hybridized carbons (Fsp3) is 0.462. The Balaban J connectivity index is 0.00000121. The summed E-state index contributed by atoms with van der Waals surface area (Å²) < 4.78 is 5.71. The van der Waals surface area contributed by atoms with Crippen molar-refractivity contribution in [2.24, 2.45) is 0 Å². The molecule has 0 amide bonds. The topological polar surface area (TPSA) is 46.5 Å². The summed E-state index contributed by atoms with van der Waals surface area (Å²) in [6.07, 6.45) is 0.534. The third-order valence-electron chi connectivity index (χ3n) is 1.87. The molecule has 1 rings (SSSR count). The van der Waals surface area contributed by atoms with Crippen LogP contribution in [0, 0.1) is 0 Å². The highest BCUT2D eigenvalue weighted by atomic mass is 79.9. The molecule has 0 atom stereocenters. The fourth-order valence-electron chi connectivity index (χ4n) is 1.26. The number of esters is 1. The van der Waals surface area contributed by atoms with E-state index in [4.69, 9.17) is 9.84 Å². The van der Waals surface area contributed by atoms with E-state index >= 15 is 0 Å². The highest BCUT2D eigenvalue weighted by molar-refractivity contribution is 9.10. The average Bonchev–Trinajstić information content (AvgIpc) is 2.31. The van der Waals surface area contributed by atoms with Crippen LogP contribution in [-0.2, 0) is 11.2 Å². The van der Waals surface area contributed by atoms with Crippen LogP contribution in [0.4, 0.5) is 0 Å². The van der Waals surface area contributed by atoms with Crippen molar-refractivity contribution >= 4 is 21.9 Å². The van der Waals surface area contributed by atoms with E-state index in [0.29, 0.717) is 18.6 Å². The van der Waals surface area contributed by atoms with Gasteiger partial charge in [-0.3, -0.25) is 0 Å². The summed E-state index contributed by atoms with van der Waals surface area (Å²) in [5.41, 5.74) is 1.42. The molecule has 0 aliphatic rings. The highest BCUT2D eigenvalue weighted by Crippen LogP contribution is 2.17. The molecule has 0 unspecified atom stereocenters. The molecule has 0 aliphatic heterocycles. The maximum atomic E-state index is 11.4. The van der Waals surface area contributed by atoms with Gasteiger partial charge in [-0.15, -0.1) is 0 Å². The van der Waals surface area contributed by atoms with E-state index in [1.54, 1.807) is 19.1 Å². The van der Waals surface area contributed by atoms with Gasteiger partial charge in [0.2, 0.25) is 0 Å². The average molecular weight is 303 g/mol. The molecule has 4 heteroatoms. The van der Waals surface area contributed by atoms with Gasteiger partial charge in [-0.1, -0.05) is 29.8 Å². The molecular weight excluding hydrogens is 284 g/mol. The van der Waals surface area contributed by atoms with Gasteiger partial charge >= 0.3 is 5.97 Å². The zero-order valence-corrected chi connectivity index (χ0v) is 12.1. The van der Waals surface area contributed by atoms with Crippen LogP contribution in [-0.4, -0.2) is 24.3 Å². The van der Waals surface area contributed by atoms with Gasteiger partial charge in [0, 0.05) is 11.1 Å². The number of hydrogen-bond acceptors (Lipinski definition) is 3. The van der Waals surface area contributed by atoms with Gasteiger partial charge in [0.25, 0.3) is 0 Å². The van der Waals surface area contributed by atoms with Gasteiger partial charge in [0.15, 0.2) is 0 Å². The van der Waals surface area contributed by atoms with Crippen molar-refractivity contribution in [2.75, 3.05) is 13.2 Å². The van der Waals surface area contributed by atoms with Gasteiger partial charge in [0.1, 0.15) is 0 Å². The standard InChI is InChI=1S/C11H13BrO3.C2H6/c1-2-15-11(14)9-5-8(3-4-13)6-10(12)7-9;1-2/h5-7,13H,2-4H2,1H3;1-2H3. The van der Waals surface area contributed by atoms with Crippen LogP contribution in [0.1, 0.15) is 36.7 Å². The van der Waals surface area contributed by atoms with E-state index < -0.39 is 0 Å². The molecule has 0 aromatic heterocycles. The first kappa shape index (κ1) is 16.1. The first-order valence-corrected chi connectivity index (χ1v) is 6.54. The summed E-state index contributed by atoms with van der Waals surface area (Å²) in [5, 5.41) is 8.81. The van der Waals surface area contributed by atoms with E-state index in [1.165, 1.54) is 0 Å². The summed E-state index contributed by atoms with van der Waals surface area (Å²) >= 11 is 3.31. The van der Waals surface area contributed by atoms with Gasteiger partial charge in [-0.05, 0) is 37.1 Å². The molecule has 0 fully saturated rings. The first-order valence-electron chi connectivity index (χ1n) is 5.74. The Morgan fingerprint density at radius 2 is 2.00 bits per heavy atom. The molecule has 0 bridgehead atoms. The van der Waals surface area contributed by atoms with Crippen molar-refractivity contribution in [1.29, 1.82) is 0 Å². The normalized spacial score (nSPS) is 9.24. The SMILES string of the molecule is CC.CCOC(=O)c1cc(Br)cc(CCO)c1. The van der Waals surface area contributed by atoms with Crippen molar-refractivity contribution in [3.05, 3.63) is 33.8 Å². The molecule has 0 spiro atoms. The molecule has 0 aliphatic carbocycles. The quantitative estimate of drug-likeness (QED) is 0.869. The minimum Gasteiger partial charge on any atom is -0.462 e. The summed E-state index contributed by atoms with van der Waals surface area (Å²) in [4.78, 5) is 11.4. The molecule has 1 N–H and O–H groups in total. The molecule has 0 saturated carbocycles. The highest BCUT2D eigenvalue weighted by Gasteiger charge is 2.08. The number of rotatable bonds is 4. The lowest BCUT2D eigenvalue weighted by Crippen LogP contribution is -2.05. The molecule has 1 aromatic carbocycles. The van der Waals surface area contributed by atoms with Gasteiger partial charge < -0.3 is 9.84 Å². The van der Waals surface area contributed by atoms with Crippen LogP contribution in [0.2, 0.25) is 0 Å². The van der Waals surface area contributed by atoms with Crippen LogP contribution in [0.5, 0.6) is 0 Å². The summed E-state index contributed by atoms with van der Waals surface area (Å²) in [6.45, 7) is 6.20. The second-order valence-corrected chi connectivity index (χ2v) is 3.96. The molecular formula is C13H19BrO3. The minimum atomic E-state index is -0.335. The number of carbonyl (C=O) groups excluding carboxylic acids is 1. The van der Waals surface area contributed by atoms with Gasteiger partial charge in [-0.25, -0.2) is 4.79 Å². The largest absolute Gasteiger partial charge is 0.462 e. The predicted molar refractivity (Wildman–Crippen MR) is 72.2 cm³/mol. The van der Waals surface area contributed by atoms with Crippen molar-refractivity contribution in [2.45, 2.75) is 27.2 Å². The number of carbonyl (C=O) groups is 1. The lowest BCUT2D eigenvalue weighted by Gasteiger charge is -2.05. The Morgan fingerprint density at radius 3 is 2.53 bits per heavy atom. The number of hydrogen-bond donors (Lipinski definition) is 1. The summed E-state index contributed by atoms with van der Waals surface area (Å²) in [5.74, 6) is -0.335. The third kappa shape index (κ3) is 5.84. The van der Waals surface area contributed by atoms with Crippen LogP contribution in [0.15, 0.2) is 22.7 Å². The van der Waals surface area contributed by atoms with Crippen molar-refractivity contribution < 1.29 is 14.6 Å². The zero-order valence-electron chi connectivity index (χ0n) is 10.5. The Kier molecular flexibility index (Phi) is 8.72. The lowest BCUT2D eigenvalue weighted by atomic mass is 10.1. The van der Waals surface area contributed by atoms with E-state index in [0.717, 1.165) is 10.0 Å². The van der Waals surface area contributed by atoms with E-state index in [-0.39, 0.29) is 12.6 Å². The maximum absolute atomic E-state index is 11.4.